The van der Waals surface area contributed by atoms with Crippen molar-refractivity contribution in [2.24, 2.45) is 5.73 Å². The van der Waals surface area contributed by atoms with Crippen LogP contribution in [0.5, 0.6) is 0 Å². The molecule has 40 heteroatoms. The molecule has 7 aromatic rings. The monoisotopic (exact) mass is 1950 g/mol. The SMILES string of the molecule is CCOC(=O)CC(=O)NC1CCN(C(=O)OCc2ccc(Cl)cc2)CC1.CCOC(=O)CC(=O)NC1CCN(Cc2ccccc2)CC1.CCOC(=O)CC(=O)NC1CCNCC1.Cl.NC1CCN(Cc2ccccc2)CC1.O=C(CC(=O)NC1CCN(C(=O)OCc2ccc(Cl)cc2)CC1)Nc1ccc2n[nH]nc2c1.O=C(O)CC(=O)NC1CCN(C(=O)OCc2ccc(Cl)cc2)CC1. The molecular weight excluding hydrogens is 1830 g/mol. The zero-order chi connectivity index (χ0) is 96.4. The number of esters is 3. The number of ether oxygens (including phenoxy) is 6. The fourth-order valence-electron chi connectivity index (χ4n) is 14.9. The molecule has 7 heterocycles. The lowest BCUT2D eigenvalue weighted by atomic mass is 10.0. The van der Waals surface area contributed by atoms with Gasteiger partial charge in [-0.15, -0.1) is 12.4 Å². The summed E-state index contributed by atoms with van der Waals surface area (Å²) in [6, 6.07) is 47.9. The van der Waals surface area contributed by atoms with E-state index in [9.17, 15) is 62.3 Å². The van der Waals surface area contributed by atoms with E-state index in [1.165, 1.54) is 11.1 Å². The van der Waals surface area contributed by atoms with Gasteiger partial charge in [-0.1, -0.05) is 132 Å². The van der Waals surface area contributed by atoms with E-state index in [2.05, 4.69) is 122 Å². The van der Waals surface area contributed by atoms with Crippen LogP contribution in [0.3, 0.4) is 0 Å². The van der Waals surface area contributed by atoms with Crippen molar-refractivity contribution in [3.05, 3.63) is 195 Å². The molecule has 6 aromatic carbocycles. The van der Waals surface area contributed by atoms with Gasteiger partial charge in [0.05, 0.1) is 19.8 Å². The molecule has 0 saturated carbocycles. The highest BCUT2D eigenvalue weighted by molar-refractivity contribution is 6.31. The molecule has 0 aliphatic carbocycles. The van der Waals surface area contributed by atoms with Gasteiger partial charge >= 0.3 is 42.2 Å². The molecular formula is C95H126Cl4N16O20. The van der Waals surface area contributed by atoms with Crippen LogP contribution in [0, 0.1) is 0 Å². The van der Waals surface area contributed by atoms with Crippen LogP contribution in [0.4, 0.5) is 20.1 Å². The van der Waals surface area contributed by atoms with Crippen molar-refractivity contribution in [2.45, 2.75) is 199 Å². The maximum absolute atomic E-state index is 12.3. The van der Waals surface area contributed by atoms with Gasteiger partial charge in [-0.05, 0) is 206 Å². The number of nitrogens with zero attached hydrogens (tertiary/aromatic N) is 7. The lowest BCUT2D eigenvalue weighted by Crippen LogP contribution is -2.47. The smallest absolute Gasteiger partial charge is 0.410 e. The lowest BCUT2D eigenvalue weighted by Gasteiger charge is -2.32. The summed E-state index contributed by atoms with van der Waals surface area (Å²) in [5.74, 6) is -4.72. The minimum absolute atomic E-state index is 0. The van der Waals surface area contributed by atoms with E-state index in [0.29, 0.717) is 129 Å². The summed E-state index contributed by atoms with van der Waals surface area (Å²) in [4.78, 5) is 161. The summed E-state index contributed by atoms with van der Waals surface area (Å²) in [5, 5.41) is 40.8. The normalized spacial score (nSPS) is 15.5. The Kier molecular flexibility index (Phi) is 50.0. The van der Waals surface area contributed by atoms with E-state index in [0.717, 1.165) is 108 Å². The van der Waals surface area contributed by atoms with Crippen LogP contribution in [0.1, 0.15) is 158 Å². The molecule has 6 fully saturated rings. The van der Waals surface area contributed by atoms with Gasteiger partial charge in [0.25, 0.3) is 0 Å². The molecule has 36 nitrogen and oxygen atoms in total. The van der Waals surface area contributed by atoms with Crippen LogP contribution < -0.4 is 43.0 Å². The zero-order valence-electron chi connectivity index (χ0n) is 76.5. The Morgan fingerprint density at radius 1 is 0.370 bits per heavy atom. The van der Waals surface area contributed by atoms with Crippen molar-refractivity contribution in [1.29, 1.82) is 0 Å². The average Bonchev–Trinajstić information content (AvgIpc) is 1.74. The van der Waals surface area contributed by atoms with Crippen LogP contribution in [-0.4, -0.2) is 257 Å². The second-order valence-electron chi connectivity index (χ2n) is 32.6. The van der Waals surface area contributed by atoms with Crippen LogP contribution in [-0.2, 0) is 109 Å². The topological polar surface area (TPSA) is 466 Å². The number of nitrogens with one attached hydrogen (secondary N) is 8. The number of benzene rings is 6. The van der Waals surface area contributed by atoms with E-state index in [4.69, 9.17) is 69.3 Å². The molecule has 0 bridgehead atoms. The molecule has 6 aliphatic rings. The van der Waals surface area contributed by atoms with Gasteiger partial charge in [0.1, 0.15) is 63.0 Å². The molecule has 6 saturated heterocycles. The summed E-state index contributed by atoms with van der Waals surface area (Å²) in [7, 11) is 0. The number of nitrogens with two attached hydrogens (primary N) is 1. The van der Waals surface area contributed by atoms with Crippen LogP contribution in [0.2, 0.25) is 15.1 Å². The molecule has 9 amide bonds. The van der Waals surface area contributed by atoms with Crippen molar-refractivity contribution in [3.63, 3.8) is 0 Å². The molecule has 0 radical (unpaired) electrons. The zero-order valence-corrected chi connectivity index (χ0v) is 79.6. The van der Waals surface area contributed by atoms with Crippen LogP contribution in [0.25, 0.3) is 11.0 Å². The number of aliphatic carboxylic acids is 1. The summed E-state index contributed by atoms with van der Waals surface area (Å²) in [6.45, 7) is 17.5. The fraction of sp³-hybridized carbons (Fsp3) is 0.484. The summed E-state index contributed by atoms with van der Waals surface area (Å²) < 4.78 is 30.1. The number of hydrogen-bond donors (Lipinski definition) is 10. The van der Waals surface area contributed by atoms with Gasteiger partial charge in [-0.2, -0.15) is 15.4 Å². The first-order valence-corrected chi connectivity index (χ1v) is 46.5. The quantitative estimate of drug-likeness (QED) is 0.0118. The molecule has 6 aliphatic heterocycles. The highest BCUT2D eigenvalue weighted by atomic mass is 35.5. The van der Waals surface area contributed by atoms with Gasteiger partial charge in [-0.25, -0.2) is 14.4 Å². The minimum atomic E-state index is -1.16. The molecule has 0 unspecified atom stereocenters. The number of hydrogen-bond acceptors (Lipinski definition) is 25. The van der Waals surface area contributed by atoms with E-state index in [1.807, 2.05) is 6.07 Å². The maximum atomic E-state index is 12.3. The summed E-state index contributed by atoms with van der Waals surface area (Å²) in [6.07, 6.45) is 6.90. The van der Waals surface area contributed by atoms with Gasteiger partial charge in [0, 0.05) is 122 Å². The molecule has 11 N–H and O–H groups in total. The number of anilines is 1. The average molecular weight is 1950 g/mol. The number of piperidine rings is 6. The van der Waals surface area contributed by atoms with Gasteiger partial charge in [-0.3, -0.25) is 57.7 Å². The Hall–Kier alpha value is -11.8. The fourth-order valence-corrected chi connectivity index (χ4v) is 15.3. The predicted octanol–water partition coefficient (Wildman–Crippen LogP) is 11.0. The number of carbonyl (C=O) groups is 13. The Morgan fingerprint density at radius 3 is 1.02 bits per heavy atom. The van der Waals surface area contributed by atoms with Crippen molar-refractivity contribution >= 4 is 142 Å². The number of likely N-dealkylation sites (tertiary alicyclic amines) is 5. The highest BCUT2D eigenvalue weighted by Gasteiger charge is 2.31. The number of rotatable bonds is 29. The van der Waals surface area contributed by atoms with E-state index in [1.54, 1.807) is 126 Å². The minimum Gasteiger partial charge on any atom is -0.481 e. The number of H-pyrrole nitrogens is 1. The number of fused-ring (bicyclic) bond motifs is 1. The van der Waals surface area contributed by atoms with Crippen molar-refractivity contribution in [3.8, 4) is 0 Å². The van der Waals surface area contributed by atoms with Crippen LogP contribution in [0.15, 0.2) is 152 Å². The third-order valence-electron chi connectivity index (χ3n) is 22.0. The second-order valence-corrected chi connectivity index (χ2v) is 33.9. The van der Waals surface area contributed by atoms with Crippen molar-refractivity contribution in [2.75, 3.05) is 104 Å². The first-order chi connectivity index (χ1) is 64.6. The number of amides is 9. The molecule has 734 valence electrons. The number of halogens is 4. The Labute approximate surface area is 807 Å². The lowest BCUT2D eigenvalue weighted by molar-refractivity contribution is -0.147. The highest BCUT2D eigenvalue weighted by Crippen LogP contribution is 2.22. The molecule has 13 rings (SSSR count). The third kappa shape index (κ3) is 44.5. The molecule has 0 spiro atoms. The molecule has 0 atom stereocenters. The largest absolute Gasteiger partial charge is 0.481 e. The standard InChI is InChI=1S/C22H23ClN6O4.C18H23ClN2O5.C17H24N2O3.C16H19ClN2O5.C12H18N2.C10H18N2O3.ClH/c23-15-3-1-14(2-4-15)13-33-22(32)29-9-7-16(8-10-29)24-20(30)12-21(31)25-17-5-6-18-19(11-17)27-28-26-18;1-2-25-17(23)11-16(22)20-15-7-9-21(10-8-15)18(24)26-12-13-3-5-14(19)6-4-13;1-2-22-17(21)12-16(20)18-15-8-10-19(11-9-15)13-14-6-4-3-5-7-14;17-12-3-1-11(2-4-12)10-24-16(23)19-7-5-13(6-8-19)18-14(20)9-15(21)22;13-12-6-8-14(9-7-12)10-11-4-2-1-3-5-11;1-2-15-10(14)7-9(13)12-8-3-5-11-6-4-8;/h1-6,11,16H,7-10,12-13H2,(H,24,30)(H,25,31)(H,26,27,28);3-6,15H,2,7-12H2,1H3,(H,20,22);3-7,15H,2,8-13H2,1H3,(H,18,20);1-4,13H,5-10H2,(H,18,20)(H,21,22);1-5,12H,6-10,13H2;8,11H,2-7H2,1H3,(H,12,13);1H. The summed E-state index contributed by atoms with van der Waals surface area (Å²) >= 11 is 17.5. The van der Waals surface area contributed by atoms with Crippen molar-refractivity contribution in [1.82, 2.24) is 71.8 Å². The Balaban J connectivity index is 0.000000225. The molecule has 135 heavy (non-hydrogen) atoms. The number of carboxylic acid groups (broad SMARTS) is 1. The van der Waals surface area contributed by atoms with Gasteiger partial charge in [0.15, 0.2) is 0 Å². The van der Waals surface area contributed by atoms with E-state index < -0.39 is 54.3 Å². The maximum Gasteiger partial charge on any atom is 0.410 e. The van der Waals surface area contributed by atoms with E-state index >= 15 is 0 Å². The predicted molar refractivity (Wildman–Crippen MR) is 509 cm³/mol. The summed E-state index contributed by atoms with van der Waals surface area (Å²) in [5.41, 5.74) is 13.0. The third-order valence-corrected chi connectivity index (χ3v) is 22.8. The number of carbonyl (C=O) groups excluding carboxylic acids is 12. The Bertz CT molecular complexity index is 4820. The van der Waals surface area contributed by atoms with Crippen molar-refractivity contribution < 1.29 is 95.9 Å². The van der Waals surface area contributed by atoms with Crippen LogP contribution >= 0.6 is 47.2 Å². The number of aromatic nitrogens is 3. The molecule has 1 aromatic heterocycles. The number of carboxylic acids is 1. The number of aromatic amines is 1. The first-order valence-electron chi connectivity index (χ1n) is 45.3. The first kappa shape index (κ1) is 110. The Morgan fingerprint density at radius 2 is 0.681 bits per heavy atom. The van der Waals surface area contributed by atoms with Gasteiger partial charge in [0.2, 0.25) is 35.4 Å². The second kappa shape index (κ2) is 61.3. The van der Waals surface area contributed by atoms with Gasteiger partial charge < -0.3 is 91.2 Å². The van der Waals surface area contributed by atoms with E-state index in [-0.39, 0.29) is 124 Å².